The second-order valence-corrected chi connectivity index (χ2v) is 16.8. The Morgan fingerprint density at radius 1 is 0.484 bits per heavy atom. The van der Waals surface area contributed by atoms with Gasteiger partial charge in [-0.25, -0.2) is 4.57 Å². The van der Waals surface area contributed by atoms with Gasteiger partial charge in [-0.1, -0.05) is 186 Å². The summed E-state index contributed by atoms with van der Waals surface area (Å²) in [5.74, 6) is -0.473. The van der Waals surface area contributed by atoms with Crippen LogP contribution in [0, 0.1) is 0 Å². The molecule has 64 heavy (non-hydrogen) atoms. The fourth-order valence-electron chi connectivity index (χ4n) is 5.76. The lowest BCUT2D eigenvalue weighted by atomic mass is 10.1. The zero-order valence-electron chi connectivity index (χ0n) is 39.7. The molecule has 0 saturated heterocycles. The number of unbranched alkanes of at least 4 members (excludes halogenated alkanes) is 8. The molecule has 9 nitrogen and oxygen atoms in total. The molecule has 0 saturated carbocycles. The number of aliphatic hydroxyl groups excluding tert-OH is 2. The summed E-state index contributed by atoms with van der Waals surface area (Å²) in [7, 11) is -4.56. The molecule has 362 valence electrons. The van der Waals surface area contributed by atoms with Crippen LogP contribution in [0.15, 0.2) is 134 Å². The second-order valence-electron chi connectivity index (χ2n) is 15.4. The number of ether oxygens (including phenoxy) is 2. The average molecular weight is 911 g/mol. The van der Waals surface area contributed by atoms with Crippen molar-refractivity contribution in [2.24, 2.45) is 0 Å². The van der Waals surface area contributed by atoms with Crippen LogP contribution >= 0.6 is 7.82 Å². The van der Waals surface area contributed by atoms with Gasteiger partial charge in [-0.3, -0.25) is 13.8 Å². The molecule has 0 aliphatic carbocycles. The van der Waals surface area contributed by atoms with Gasteiger partial charge in [0.1, 0.15) is 12.2 Å². The standard InChI is InChI=1S/C54H87O9P/c1-3-5-7-9-11-13-15-17-19-21-23-24-25-26-27-29-31-33-35-37-39-41-43-45-47-60-50-53(51-62-64(58,59)61-49-52(56)48-55)63-54(57)46-44-42-40-38-36-34-32-30-28-22-20-18-16-14-12-10-8-6-4-2/h5-8,11-14,17-20,23-24,26-28,30,34,36,40,42,52-53,55-56H,3-4,9-10,15-16,21-22,25,29,31-33,35,37-39,41,43-51H2,1-2H3,(H,58,59)/b7-5-,8-6-,13-11-,14-12-,19-17-,20-18-,24-23-,27-26-,30-28-,36-34-,42-40-. The second kappa shape index (κ2) is 49.0. The summed E-state index contributed by atoms with van der Waals surface area (Å²) in [6.07, 6.45) is 67.1. The molecule has 0 fully saturated rings. The number of hydrogen-bond acceptors (Lipinski definition) is 8. The smallest absolute Gasteiger partial charge is 0.457 e. The Kier molecular flexibility index (Phi) is 46.4. The average Bonchev–Trinajstić information content (AvgIpc) is 3.29. The minimum absolute atomic E-state index is 0.00278. The van der Waals surface area contributed by atoms with Crippen molar-refractivity contribution in [3.8, 4) is 0 Å². The first-order valence-corrected chi connectivity index (χ1v) is 25.7. The van der Waals surface area contributed by atoms with E-state index in [4.69, 9.17) is 23.6 Å². The molecule has 0 aromatic carbocycles. The fourth-order valence-corrected chi connectivity index (χ4v) is 6.55. The van der Waals surface area contributed by atoms with Crippen LogP contribution in [0.5, 0.6) is 0 Å². The molecule has 0 radical (unpaired) electrons. The van der Waals surface area contributed by atoms with E-state index in [1.165, 1.54) is 32.1 Å². The summed E-state index contributed by atoms with van der Waals surface area (Å²) < 4.78 is 33.4. The highest BCUT2D eigenvalue weighted by Gasteiger charge is 2.26. The molecule has 10 heteroatoms. The number of carbonyl (C=O) groups is 1. The van der Waals surface area contributed by atoms with Crippen LogP contribution in [0.3, 0.4) is 0 Å². The van der Waals surface area contributed by atoms with Crippen LogP contribution < -0.4 is 0 Å². The van der Waals surface area contributed by atoms with E-state index in [-0.39, 0.29) is 13.0 Å². The zero-order valence-corrected chi connectivity index (χ0v) is 40.6. The van der Waals surface area contributed by atoms with Crippen molar-refractivity contribution in [3.05, 3.63) is 134 Å². The normalized spacial score (nSPS) is 15.0. The predicted molar refractivity (Wildman–Crippen MR) is 269 cm³/mol. The first-order chi connectivity index (χ1) is 31.3. The lowest BCUT2D eigenvalue weighted by Gasteiger charge is -2.20. The van der Waals surface area contributed by atoms with Gasteiger partial charge >= 0.3 is 13.8 Å². The molecule has 0 bridgehead atoms. The first-order valence-electron chi connectivity index (χ1n) is 24.2. The lowest BCUT2D eigenvalue weighted by Crippen LogP contribution is -2.29. The Hall–Kier alpha value is -3.40. The Balaban J connectivity index is 4.27. The molecule has 0 aliphatic heterocycles. The number of esters is 1. The largest absolute Gasteiger partial charge is 0.472 e. The van der Waals surface area contributed by atoms with Crippen molar-refractivity contribution in [1.82, 2.24) is 0 Å². The lowest BCUT2D eigenvalue weighted by molar-refractivity contribution is -0.154. The van der Waals surface area contributed by atoms with Crippen LogP contribution in [-0.4, -0.2) is 66.3 Å². The molecule has 0 aromatic rings. The maximum absolute atomic E-state index is 12.6. The maximum atomic E-state index is 12.6. The number of allylic oxidation sites excluding steroid dienone is 22. The molecule has 0 aromatic heterocycles. The van der Waals surface area contributed by atoms with Gasteiger partial charge in [0, 0.05) is 13.0 Å². The third kappa shape index (κ3) is 48.1. The van der Waals surface area contributed by atoms with Crippen molar-refractivity contribution in [2.45, 2.75) is 167 Å². The van der Waals surface area contributed by atoms with E-state index in [0.29, 0.717) is 13.0 Å². The molecular formula is C54H87O9P. The van der Waals surface area contributed by atoms with Crippen LogP contribution in [0.1, 0.15) is 155 Å². The number of hydrogen-bond donors (Lipinski definition) is 3. The third-order valence-electron chi connectivity index (χ3n) is 9.35. The van der Waals surface area contributed by atoms with Crippen molar-refractivity contribution in [1.29, 1.82) is 0 Å². The SMILES string of the molecule is CC/C=C\C/C=C\C/C=C\C/C=C\C/C=C\C/C=C\CCC(=O)OC(COCCCCCCCCCC/C=C\C/C=C\C/C=C\C/C=C\C/C=C\CC)COP(=O)(O)OCC(O)CO. The van der Waals surface area contributed by atoms with Gasteiger partial charge < -0.3 is 24.6 Å². The van der Waals surface area contributed by atoms with Crippen LogP contribution in [0.4, 0.5) is 0 Å². The summed E-state index contributed by atoms with van der Waals surface area (Å²) >= 11 is 0. The van der Waals surface area contributed by atoms with E-state index >= 15 is 0 Å². The number of rotatable bonds is 44. The van der Waals surface area contributed by atoms with E-state index in [9.17, 15) is 19.4 Å². The van der Waals surface area contributed by atoms with Crippen molar-refractivity contribution < 1.29 is 43.0 Å². The highest BCUT2D eigenvalue weighted by Crippen LogP contribution is 2.43. The van der Waals surface area contributed by atoms with Crippen molar-refractivity contribution in [3.63, 3.8) is 0 Å². The predicted octanol–water partition coefficient (Wildman–Crippen LogP) is 14.1. The Morgan fingerprint density at radius 3 is 1.27 bits per heavy atom. The van der Waals surface area contributed by atoms with E-state index in [0.717, 1.165) is 96.3 Å². The van der Waals surface area contributed by atoms with Crippen LogP contribution in [0.2, 0.25) is 0 Å². The van der Waals surface area contributed by atoms with Crippen molar-refractivity contribution in [2.75, 3.05) is 33.0 Å². The molecule has 0 spiro atoms. The summed E-state index contributed by atoms with van der Waals surface area (Å²) in [5.41, 5.74) is 0. The van der Waals surface area contributed by atoms with Gasteiger partial charge in [-0.05, 0) is 96.3 Å². The molecule has 3 N–H and O–H groups in total. The highest BCUT2D eigenvalue weighted by atomic mass is 31.2. The monoisotopic (exact) mass is 911 g/mol. The summed E-state index contributed by atoms with van der Waals surface area (Å²) in [5, 5.41) is 18.4. The van der Waals surface area contributed by atoms with Crippen LogP contribution in [0.25, 0.3) is 0 Å². The molecule has 0 amide bonds. The van der Waals surface area contributed by atoms with Crippen LogP contribution in [-0.2, 0) is 27.9 Å². The number of carbonyl (C=O) groups excluding carboxylic acids is 1. The van der Waals surface area contributed by atoms with E-state index < -0.39 is 45.8 Å². The van der Waals surface area contributed by atoms with Gasteiger partial charge in [0.15, 0.2) is 0 Å². The molecule has 0 rings (SSSR count). The summed E-state index contributed by atoms with van der Waals surface area (Å²) in [6.45, 7) is 3.13. The molecule has 0 heterocycles. The van der Waals surface area contributed by atoms with Gasteiger partial charge in [0.2, 0.25) is 0 Å². The first kappa shape index (κ1) is 60.6. The number of aliphatic hydroxyl groups is 2. The summed E-state index contributed by atoms with van der Waals surface area (Å²) in [6, 6.07) is 0. The zero-order chi connectivity index (χ0) is 46.7. The fraction of sp³-hybridized carbons (Fsp3) is 0.574. The Bertz CT molecular complexity index is 1450. The quantitative estimate of drug-likeness (QED) is 0.0237. The third-order valence-corrected chi connectivity index (χ3v) is 10.3. The Morgan fingerprint density at radius 2 is 0.844 bits per heavy atom. The minimum Gasteiger partial charge on any atom is -0.457 e. The Labute approximate surface area is 389 Å². The van der Waals surface area contributed by atoms with Crippen molar-refractivity contribution >= 4 is 13.8 Å². The number of phosphoric acid groups is 1. The van der Waals surface area contributed by atoms with Gasteiger partial charge in [0.25, 0.3) is 0 Å². The number of phosphoric ester groups is 1. The molecule has 3 atom stereocenters. The van der Waals surface area contributed by atoms with E-state index in [2.05, 4.69) is 135 Å². The van der Waals surface area contributed by atoms with Gasteiger partial charge in [0.05, 0.1) is 26.4 Å². The molecule has 0 aliphatic rings. The molecule has 3 unspecified atom stereocenters. The van der Waals surface area contributed by atoms with E-state index in [1.807, 2.05) is 12.2 Å². The van der Waals surface area contributed by atoms with Gasteiger partial charge in [-0.15, -0.1) is 0 Å². The highest BCUT2D eigenvalue weighted by molar-refractivity contribution is 7.47. The van der Waals surface area contributed by atoms with E-state index in [1.54, 1.807) is 0 Å². The minimum atomic E-state index is -4.56. The molecular weight excluding hydrogens is 824 g/mol. The summed E-state index contributed by atoms with van der Waals surface area (Å²) in [4.78, 5) is 22.6. The maximum Gasteiger partial charge on any atom is 0.472 e. The van der Waals surface area contributed by atoms with Gasteiger partial charge in [-0.2, -0.15) is 0 Å². The topological polar surface area (TPSA) is 132 Å².